The van der Waals surface area contributed by atoms with Crippen LogP contribution in [0.15, 0.2) is 42.6 Å². The highest BCUT2D eigenvalue weighted by molar-refractivity contribution is 6.33. The number of amides is 1. The van der Waals surface area contributed by atoms with Gasteiger partial charge in [-0.15, -0.1) is 0 Å². The van der Waals surface area contributed by atoms with Crippen LogP contribution in [-0.4, -0.2) is 51.2 Å². The summed E-state index contributed by atoms with van der Waals surface area (Å²) in [6.07, 6.45) is -1.12. The highest BCUT2D eigenvalue weighted by Crippen LogP contribution is 2.32. The molecule has 0 radical (unpaired) electrons. The van der Waals surface area contributed by atoms with E-state index in [0.717, 1.165) is 38.1 Å². The lowest BCUT2D eigenvalue weighted by atomic mass is 9.99. The Morgan fingerprint density at radius 2 is 1.95 bits per heavy atom. The summed E-state index contributed by atoms with van der Waals surface area (Å²) in [6.45, 7) is 0.845. The number of hydrogen-bond donors (Lipinski definition) is 3. The fraction of sp³-hybridized carbons (Fsp3) is 0.333. The maximum absolute atomic E-state index is 13.6. The van der Waals surface area contributed by atoms with E-state index in [0.29, 0.717) is 34.7 Å². The van der Waals surface area contributed by atoms with Crippen LogP contribution in [0.2, 0.25) is 5.02 Å². The molecule has 0 unspecified atom stereocenters. The van der Waals surface area contributed by atoms with E-state index >= 15 is 0 Å². The third-order valence-electron chi connectivity index (χ3n) is 6.68. The fourth-order valence-corrected chi connectivity index (χ4v) is 4.87. The van der Waals surface area contributed by atoms with Crippen LogP contribution in [0, 0.1) is 17.6 Å². The molecule has 1 atom stereocenters. The van der Waals surface area contributed by atoms with Gasteiger partial charge in [0.05, 0.1) is 11.2 Å². The van der Waals surface area contributed by atoms with Gasteiger partial charge in [0.15, 0.2) is 17.3 Å². The molecule has 3 heterocycles. The number of anilines is 1. The van der Waals surface area contributed by atoms with Gasteiger partial charge < -0.3 is 20.5 Å². The predicted molar refractivity (Wildman–Crippen MR) is 143 cm³/mol. The third kappa shape index (κ3) is 6.91. The first kappa shape index (κ1) is 28.7. The summed E-state index contributed by atoms with van der Waals surface area (Å²) in [5.74, 6) is -1.97. The van der Waals surface area contributed by atoms with Gasteiger partial charge in [0.1, 0.15) is 17.9 Å². The molecule has 5 rings (SSSR count). The summed E-state index contributed by atoms with van der Waals surface area (Å²) in [7, 11) is 0. The highest BCUT2D eigenvalue weighted by Gasteiger charge is 2.28. The van der Waals surface area contributed by atoms with Gasteiger partial charge in [-0.25, -0.2) is 18.7 Å². The SMILES string of the molecule is O=C(NCC(F)(F)F)c1ccc(Cl)c(-c2nc3cnc(NCc4ccc(F)c(F)c4)nc3n2C[C@@H]2CCCNC2)c1. The van der Waals surface area contributed by atoms with Crippen molar-refractivity contribution in [3.8, 4) is 11.4 Å². The first-order valence-electron chi connectivity index (χ1n) is 12.8. The number of aromatic nitrogens is 4. The number of fused-ring (bicyclic) bond motifs is 1. The monoisotopic (exact) mass is 593 g/mol. The molecule has 216 valence electrons. The molecule has 4 aromatic rings. The van der Waals surface area contributed by atoms with E-state index in [1.807, 2.05) is 9.88 Å². The fourth-order valence-electron chi connectivity index (χ4n) is 4.67. The zero-order valence-corrected chi connectivity index (χ0v) is 22.3. The Balaban J connectivity index is 1.50. The predicted octanol–water partition coefficient (Wildman–Crippen LogP) is 5.33. The smallest absolute Gasteiger partial charge is 0.350 e. The lowest BCUT2D eigenvalue weighted by Gasteiger charge is -2.24. The number of hydrogen-bond acceptors (Lipinski definition) is 6. The second-order valence-electron chi connectivity index (χ2n) is 9.76. The lowest BCUT2D eigenvalue weighted by Crippen LogP contribution is -2.33. The molecular formula is C27H25ClF5N7O. The molecule has 8 nitrogen and oxygen atoms in total. The lowest BCUT2D eigenvalue weighted by molar-refractivity contribution is -0.123. The number of alkyl halides is 3. The molecule has 0 aliphatic carbocycles. The van der Waals surface area contributed by atoms with E-state index in [1.54, 1.807) is 0 Å². The van der Waals surface area contributed by atoms with Crippen molar-refractivity contribution in [3.63, 3.8) is 0 Å². The summed E-state index contributed by atoms with van der Waals surface area (Å²) in [4.78, 5) is 26.1. The number of carbonyl (C=O) groups excluding carboxylic acids is 1. The van der Waals surface area contributed by atoms with Crippen LogP contribution in [0.5, 0.6) is 0 Å². The Morgan fingerprint density at radius 3 is 2.68 bits per heavy atom. The molecule has 3 N–H and O–H groups in total. The zero-order valence-electron chi connectivity index (χ0n) is 21.5. The minimum atomic E-state index is -4.55. The van der Waals surface area contributed by atoms with Gasteiger partial charge in [-0.3, -0.25) is 4.79 Å². The molecule has 1 fully saturated rings. The van der Waals surface area contributed by atoms with E-state index < -0.39 is 30.3 Å². The average Bonchev–Trinajstić information content (AvgIpc) is 3.30. The minimum absolute atomic E-state index is 0.00782. The summed E-state index contributed by atoms with van der Waals surface area (Å²) in [6, 6.07) is 7.75. The molecule has 1 aliphatic rings. The van der Waals surface area contributed by atoms with Crippen LogP contribution in [0.3, 0.4) is 0 Å². The third-order valence-corrected chi connectivity index (χ3v) is 7.01. The largest absolute Gasteiger partial charge is 0.405 e. The quantitative estimate of drug-likeness (QED) is 0.239. The van der Waals surface area contributed by atoms with Crippen molar-refractivity contribution in [2.24, 2.45) is 5.92 Å². The topological polar surface area (TPSA) is 96.8 Å². The van der Waals surface area contributed by atoms with Gasteiger partial charge in [-0.1, -0.05) is 17.7 Å². The Morgan fingerprint density at radius 1 is 1.12 bits per heavy atom. The molecule has 14 heteroatoms. The number of carbonyl (C=O) groups is 1. The van der Waals surface area contributed by atoms with E-state index in [2.05, 4.69) is 25.6 Å². The number of halogens is 6. The van der Waals surface area contributed by atoms with Crippen molar-refractivity contribution in [1.82, 2.24) is 30.2 Å². The van der Waals surface area contributed by atoms with E-state index in [9.17, 15) is 26.7 Å². The van der Waals surface area contributed by atoms with Crippen molar-refractivity contribution in [3.05, 3.63) is 70.4 Å². The van der Waals surface area contributed by atoms with Crippen LogP contribution < -0.4 is 16.0 Å². The average molecular weight is 594 g/mol. The van der Waals surface area contributed by atoms with Crippen molar-refractivity contribution in [2.45, 2.75) is 32.1 Å². The van der Waals surface area contributed by atoms with Gasteiger partial charge >= 0.3 is 6.18 Å². The number of benzene rings is 2. The van der Waals surface area contributed by atoms with Crippen molar-refractivity contribution in [1.29, 1.82) is 0 Å². The van der Waals surface area contributed by atoms with Gasteiger partial charge in [-0.05, 0) is 67.7 Å². The van der Waals surface area contributed by atoms with Crippen molar-refractivity contribution < 1.29 is 26.7 Å². The molecule has 1 saturated heterocycles. The van der Waals surface area contributed by atoms with Crippen LogP contribution in [-0.2, 0) is 13.1 Å². The highest BCUT2D eigenvalue weighted by atomic mass is 35.5. The molecule has 1 amide bonds. The van der Waals surface area contributed by atoms with Crippen LogP contribution in [0.4, 0.5) is 27.9 Å². The number of nitrogens with one attached hydrogen (secondary N) is 3. The Kier molecular flexibility index (Phi) is 8.36. The number of piperidine rings is 1. The van der Waals surface area contributed by atoms with Gasteiger partial charge in [0.2, 0.25) is 5.95 Å². The summed E-state index contributed by atoms with van der Waals surface area (Å²) >= 11 is 6.52. The molecule has 0 saturated carbocycles. The minimum Gasteiger partial charge on any atom is -0.350 e. The first-order valence-corrected chi connectivity index (χ1v) is 13.2. The van der Waals surface area contributed by atoms with E-state index in [-0.39, 0.29) is 29.0 Å². The molecule has 2 aromatic heterocycles. The summed E-state index contributed by atoms with van der Waals surface area (Å²) < 4.78 is 66.7. The molecule has 41 heavy (non-hydrogen) atoms. The van der Waals surface area contributed by atoms with E-state index in [4.69, 9.17) is 11.6 Å². The Hall–Kier alpha value is -3.84. The molecule has 1 aliphatic heterocycles. The Bertz CT molecular complexity index is 1570. The van der Waals surface area contributed by atoms with Crippen LogP contribution in [0.1, 0.15) is 28.8 Å². The maximum Gasteiger partial charge on any atom is 0.405 e. The van der Waals surface area contributed by atoms with Gasteiger partial charge in [-0.2, -0.15) is 18.2 Å². The molecular weight excluding hydrogens is 569 g/mol. The summed E-state index contributed by atoms with van der Waals surface area (Å²) in [5, 5.41) is 8.49. The maximum atomic E-state index is 13.6. The molecule has 0 spiro atoms. The number of nitrogens with zero attached hydrogens (tertiary/aromatic N) is 4. The number of imidazole rings is 1. The number of rotatable bonds is 8. The van der Waals surface area contributed by atoms with Crippen molar-refractivity contribution >= 4 is 34.6 Å². The van der Waals surface area contributed by atoms with Crippen LogP contribution >= 0.6 is 11.6 Å². The standard InChI is InChI=1S/C27H25ClF5N7O/c28-19-5-4-17(25(41)37-14-27(31,32)33)9-18(19)23-38-22-12-36-26(35-11-15-3-6-20(29)21(30)8-15)39-24(22)40(23)13-16-2-1-7-34-10-16/h3-6,8-9,12,16,34H,1-2,7,10-11,13-14H2,(H,37,41)(H,35,36,39)/t16-/m1/s1. The van der Waals surface area contributed by atoms with Crippen LogP contribution in [0.25, 0.3) is 22.6 Å². The first-order chi connectivity index (χ1) is 19.6. The molecule has 2 aromatic carbocycles. The second kappa shape index (κ2) is 12.0. The second-order valence-corrected chi connectivity index (χ2v) is 10.2. The normalized spacial score (nSPS) is 15.7. The van der Waals surface area contributed by atoms with Crippen molar-refractivity contribution in [2.75, 3.05) is 25.0 Å². The molecule has 0 bridgehead atoms. The van der Waals surface area contributed by atoms with Gasteiger partial charge in [0.25, 0.3) is 5.91 Å². The van der Waals surface area contributed by atoms with Gasteiger partial charge in [0, 0.05) is 24.2 Å². The van der Waals surface area contributed by atoms with E-state index in [1.165, 1.54) is 30.5 Å². The Labute approximate surface area is 236 Å². The summed E-state index contributed by atoms with van der Waals surface area (Å²) in [5.41, 5.74) is 1.74. The zero-order chi connectivity index (χ0) is 29.1.